The summed E-state index contributed by atoms with van der Waals surface area (Å²) in [6.45, 7) is 2.48. The van der Waals surface area contributed by atoms with E-state index in [0.717, 1.165) is 0 Å². The van der Waals surface area contributed by atoms with Gasteiger partial charge in [0.25, 0.3) is 0 Å². The van der Waals surface area contributed by atoms with Gasteiger partial charge in [-0.05, 0) is 12.2 Å². The maximum absolute atomic E-state index is 10.9. The van der Waals surface area contributed by atoms with Crippen molar-refractivity contribution in [2.75, 3.05) is 6.61 Å². The van der Waals surface area contributed by atoms with Gasteiger partial charge < -0.3 is 14.2 Å². The topological polar surface area (TPSA) is 85.6 Å². The van der Waals surface area contributed by atoms with Crippen LogP contribution in [0.25, 0.3) is 0 Å². The standard InChI is InChI=1S/C11H13NO5/c1-7(13)15-6-11-10(16-8(2)14)4-3-9(5-12)17-11/h3-4,9-11H,6H2,1-2H3/t9-,10+,11-/m1/s1. The highest BCUT2D eigenvalue weighted by Crippen LogP contribution is 2.16. The molecule has 1 aliphatic heterocycles. The van der Waals surface area contributed by atoms with Crippen LogP contribution in [-0.2, 0) is 23.8 Å². The molecule has 0 bridgehead atoms. The van der Waals surface area contributed by atoms with E-state index in [-0.39, 0.29) is 6.61 Å². The van der Waals surface area contributed by atoms with E-state index >= 15 is 0 Å². The van der Waals surface area contributed by atoms with Crippen LogP contribution in [0.1, 0.15) is 13.8 Å². The minimum absolute atomic E-state index is 0.0597. The van der Waals surface area contributed by atoms with Crippen LogP contribution in [0.5, 0.6) is 0 Å². The minimum Gasteiger partial charge on any atom is -0.463 e. The summed E-state index contributed by atoms with van der Waals surface area (Å²) >= 11 is 0. The second-order valence-electron chi connectivity index (χ2n) is 3.49. The van der Waals surface area contributed by atoms with Crippen molar-refractivity contribution in [3.05, 3.63) is 12.2 Å². The molecule has 0 unspecified atom stereocenters. The minimum atomic E-state index is -0.720. The summed E-state index contributed by atoms with van der Waals surface area (Å²) in [6.07, 6.45) is 1.04. The van der Waals surface area contributed by atoms with Crippen molar-refractivity contribution in [1.82, 2.24) is 0 Å². The highest BCUT2D eigenvalue weighted by atomic mass is 16.6. The summed E-state index contributed by atoms with van der Waals surface area (Å²) in [5.41, 5.74) is 0. The Kier molecular flexibility index (Phi) is 4.67. The normalized spacial score (nSPS) is 27.0. The van der Waals surface area contributed by atoms with Crippen molar-refractivity contribution in [2.45, 2.75) is 32.2 Å². The lowest BCUT2D eigenvalue weighted by atomic mass is 10.1. The summed E-state index contributed by atoms with van der Waals surface area (Å²) in [6, 6.07) is 1.91. The van der Waals surface area contributed by atoms with E-state index in [9.17, 15) is 9.59 Å². The Hall–Kier alpha value is -1.87. The summed E-state index contributed by atoms with van der Waals surface area (Å²) in [4.78, 5) is 21.6. The number of rotatable bonds is 3. The van der Waals surface area contributed by atoms with Crippen LogP contribution in [0.15, 0.2) is 12.2 Å². The Morgan fingerprint density at radius 3 is 2.59 bits per heavy atom. The van der Waals surface area contributed by atoms with E-state index < -0.39 is 30.3 Å². The second kappa shape index (κ2) is 6.01. The Morgan fingerprint density at radius 2 is 2.06 bits per heavy atom. The maximum Gasteiger partial charge on any atom is 0.303 e. The number of hydrogen-bond donors (Lipinski definition) is 0. The zero-order valence-corrected chi connectivity index (χ0v) is 9.58. The van der Waals surface area contributed by atoms with Crippen LogP contribution >= 0.6 is 0 Å². The molecule has 0 aliphatic carbocycles. The molecule has 3 atom stereocenters. The molecule has 0 spiro atoms. The van der Waals surface area contributed by atoms with Crippen LogP contribution in [-0.4, -0.2) is 36.9 Å². The molecule has 0 amide bonds. The van der Waals surface area contributed by atoms with Crippen LogP contribution < -0.4 is 0 Å². The summed E-state index contributed by atoms with van der Waals surface area (Å²) in [5.74, 6) is -0.926. The second-order valence-corrected chi connectivity index (χ2v) is 3.49. The summed E-state index contributed by atoms with van der Waals surface area (Å²) in [7, 11) is 0. The number of ether oxygens (including phenoxy) is 3. The largest absolute Gasteiger partial charge is 0.463 e. The molecule has 92 valence electrons. The molecule has 1 aliphatic rings. The van der Waals surface area contributed by atoms with Gasteiger partial charge in [0.05, 0.1) is 6.07 Å². The van der Waals surface area contributed by atoms with Gasteiger partial charge in [0.1, 0.15) is 18.8 Å². The number of nitriles is 1. The van der Waals surface area contributed by atoms with Gasteiger partial charge in [-0.1, -0.05) is 0 Å². The molecule has 6 heteroatoms. The van der Waals surface area contributed by atoms with Gasteiger partial charge in [-0.3, -0.25) is 9.59 Å². The van der Waals surface area contributed by atoms with E-state index in [1.54, 1.807) is 6.08 Å². The third-order valence-electron chi connectivity index (χ3n) is 2.04. The molecule has 0 radical (unpaired) electrons. The first-order valence-corrected chi connectivity index (χ1v) is 5.07. The molecule has 6 nitrogen and oxygen atoms in total. The molecule has 0 N–H and O–H groups in total. The van der Waals surface area contributed by atoms with Crippen LogP contribution in [0.4, 0.5) is 0 Å². The van der Waals surface area contributed by atoms with Gasteiger partial charge in [-0.15, -0.1) is 0 Å². The predicted octanol–water partition coefficient (Wildman–Crippen LogP) is 0.328. The third-order valence-corrected chi connectivity index (χ3v) is 2.04. The fourth-order valence-electron chi connectivity index (χ4n) is 1.36. The smallest absolute Gasteiger partial charge is 0.303 e. The van der Waals surface area contributed by atoms with E-state index in [1.165, 1.54) is 19.9 Å². The molecule has 0 aromatic rings. The van der Waals surface area contributed by atoms with Gasteiger partial charge in [-0.2, -0.15) is 5.26 Å². The van der Waals surface area contributed by atoms with Crippen molar-refractivity contribution in [2.24, 2.45) is 0 Å². The van der Waals surface area contributed by atoms with Crippen LogP contribution in [0.3, 0.4) is 0 Å². The van der Waals surface area contributed by atoms with Crippen molar-refractivity contribution in [3.63, 3.8) is 0 Å². The first-order valence-electron chi connectivity index (χ1n) is 5.07. The van der Waals surface area contributed by atoms with Gasteiger partial charge in [0, 0.05) is 13.8 Å². The summed E-state index contributed by atoms with van der Waals surface area (Å²) < 4.78 is 15.1. The average Bonchev–Trinajstić information content (AvgIpc) is 2.27. The number of carbonyl (C=O) groups excluding carboxylic acids is 2. The molecule has 0 aromatic carbocycles. The lowest BCUT2D eigenvalue weighted by Crippen LogP contribution is -2.41. The summed E-state index contributed by atoms with van der Waals surface area (Å²) in [5, 5.41) is 8.71. The third kappa shape index (κ3) is 4.25. The van der Waals surface area contributed by atoms with Crippen LogP contribution in [0.2, 0.25) is 0 Å². The molecule has 1 rings (SSSR count). The first-order chi connectivity index (χ1) is 8.02. The van der Waals surface area contributed by atoms with Crippen LogP contribution in [0, 0.1) is 11.3 Å². The molecule has 0 aromatic heterocycles. The fraction of sp³-hybridized carbons (Fsp3) is 0.545. The fourth-order valence-corrected chi connectivity index (χ4v) is 1.36. The van der Waals surface area contributed by atoms with Crippen molar-refractivity contribution in [3.8, 4) is 6.07 Å². The van der Waals surface area contributed by atoms with Crippen molar-refractivity contribution < 1.29 is 23.8 Å². The molecule has 1 heterocycles. The molecular weight excluding hydrogens is 226 g/mol. The number of carbonyl (C=O) groups is 2. The van der Waals surface area contributed by atoms with Gasteiger partial charge in [0.15, 0.2) is 6.10 Å². The lowest BCUT2D eigenvalue weighted by Gasteiger charge is -2.28. The molecule has 0 fully saturated rings. The van der Waals surface area contributed by atoms with Gasteiger partial charge >= 0.3 is 11.9 Å². The Labute approximate surface area is 98.7 Å². The monoisotopic (exact) mass is 239 g/mol. The predicted molar refractivity (Wildman–Crippen MR) is 55.6 cm³/mol. The SMILES string of the molecule is CC(=O)OC[C@H]1O[C@@H](C#N)C=C[C@@H]1OC(C)=O. The number of nitrogens with zero attached hydrogens (tertiary/aromatic N) is 1. The number of esters is 2. The van der Waals surface area contributed by atoms with E-state index in [4.69, 9.17) is 19.5 Å². The highest BCUT2D eigenvalue weighted by Gasteiger charge is 2.30. The van der Waals surface area contributed by atoms with Crippen molar-refractivity contribution in [1.29, 1.82) is 5.26 Å². The molecule has 0 saturated heterocycles. The highest BCUT2D eigenvalue weighted by molar-refractivity contribution is 5.66. The Bertz CT molecular complexity index is 371. The average molecular weight is 239 g/mol. The zero-order valence-electron chi connectivity index (χ0n) is 9.58. The number of hydrogen-bond acceptors (Lipinski definition) is 6. The van der Waals surface area contributed by atoms with Gasteiger partial charge in [-0.25, -0.2) is 0 Å². The van der Waals surface area contributed by atoms with E-state index in [2.05, 4.69) is 0 Å². The van der Waals surface area contributed by atoms with Gasteiger partial charge in [0.2, 0.25) is 0 Å². The maximum atomic E-state index is 10.9. The van der Waals surface area contributed by atoms with E-state index in [0.29, 0.717) is 0 Å². The molecule has 17 heavy (non-hydrogen) atoms. The first kappa shape index (κ1) is 13.2. The van der Waals surface area contributed by atoms with Crippen molar-refractivity contribution >= 4 is 11.9 Å². The molecule has 0 saturated carbocycles. The quantitative estimate of drug-likeness (QED) is 0.521. The lowest BCUT2D eigenvalue weighted by molar-refractivity contribution is -0.161. The Morgan fingerprint density at radius 1 is 1.35 bits per heavy atom. The zero-order chi connectivity index (χ0) is 12.8. The van der Waals surface area contributed by atoms with E-state index in [1.807, 2.05) is 6.07 Å². The molecular formula is C11H13NO5. The Balaban J connectivity index is 2.66.